The molecule has 0 saturated carbocycles. The molecule has 0 radical (unpaired) electrons. The molecular weight excluding hydrogens is 630 g/mol. The van der Waals surface area contributed by atoms with Crippen molar-refractivity contribution in [3.05, 3.63) is 72.6 Å². The van der Waals surface area contributed by atoms with E-state index in [1.165, 1.54) is 58.2 Å². The average Bonchev–Trinajstić information content (AvgIpc) is 3.73. The largest absolute Gasteiger partial charge is 0.394 e. The highest BCUT2D eigenvalue weighted by molar-refractivity contribution is 7.99. The van der Waals surface area contributed by atoms with Gasteiger partial charge in [0, 0.05) is 16.9 Å². The SMILES string of the molecule is OCC1O[C@@H](SCC2O[C@H](CO)C(O)C(n3cc(-c4cccc(F)c4)nn3)[C@H]2O)C(O)C(n2cc(-c3cccc(F)c3)nn2)[C@H]1O. The van der Waals surface area contributed by atoms with Gasteiger partial charge in [-0.15, -0.1) is 22.0 Å². The first-order valence-corrected chi connectivity index (χ1v) is 15.5. The lowest BCUT2D eigenvalue weighted by Gasteiger charge is -2.44. The topological polar surface area (TPSA) is 201 Å². The molecule has 0 spiro atoms. The van der Waals surface area contributed by atoms with Crippen molar-refractivity contribution < 1.29 is 48.9 Å². The highest BCUT2D eigenvalue weighted by atomic mass is 32.2. The summed E-state index contributed by atoms with van der Waals surface area (Å²) in [5, 5.41) is 80.6. The lowest BCUT2D eigenvalue weighted by Crippen LogP contribution is -2.57. The third kappa shape index (κ3) is 6.42. The molecule has 2 aromatic heterocycles. The first kappa shape index (κ1) is 32.5. The number of halogens is 2. The fourth-order valence-corrected chi connectivity index (χ4v) is 6.98. The second-order valence-corrected chi connectivity index (χ2v) is 12.2. The lowest BCUT2D eigenvalue weighted by atomic mass is 9.93. The zero-order valence-corrected chi connectivity index (χ0v) is 24.8. The molecule has 0 amide bonds. The Morgan fingerprint density at radius 2 is 1.15 bits per heavy atom. The van der Waals surface area contributed by atoms with E-state index >= 15 is 0 Å². The van der Waals surface area contributed by atoms with Crippen LogP contribution < -0.4 is 0 Å². The van der Waals surface area contributed by atoms with Crippen LogP contribution in [0.3, 0.4) is 0 Å². The summed E-state index contributed by atoms with van der Waals surface area (Å²) in [7, 11) is 0. The maximum atomic E-state index is 13.8. The van der Waals surface area contributed by atoms with Crippen molar-refractivity contribution in [3.63, 3.8) is 0 Å². The van der Waals surface area contributed by atoms with Crippen molar-refractivity contribution in [2.24, 2.45) is 0 Å². The smallest absolute Gasteiger partial charge is 0.132 e. The van der Waals surface area contributed by atoms with E-state index in [-0.39, 0.29) is 5.75 Å². The molecule has 46 heavy (non-hydrogen) atoms. The fourth-order valence-electron chi connectivity index (χ4n) is 5.74. The number of aromatic nitrogens is 6. The summed E-state index contributed by atoms with van der Waals surface area (Å²) < 4.78 is 41.6. The fraction of sp³-hybridized carbons (Fsp3) is 0.448. The number of thioether (sulfide) groups is 1. The Morgan fingerprint density at radius 3 is 1.65 bits per heavy atom. The third-order valence-electron chi connectivity index (χ3n) is 8.14. The molecule has 6 N–H and O–H groups in total. The predicted molar refractivity (Wildman–Crippen MR) is 157 cm³/mol. The molecule has 6 rings (SSSR count). The Kier molecular flexibility index (Phi) is 9.74. The van der Waals surface area contributed by atoms with Crippen molar-refractivity contribution in [3.8, 4) is 22.5 Å². The maximum Gasteiger partial charge on any atom is 0.132 e. The quantitative estimate of drug-likeness (QED) is 0.139. The minimum atomic E-state index is -1.40. The van der Waals surface area contributed by atoms with Crippen molar-refractivity contribution in [1.29, 1.82) is 0 Å². The molecule has 0 bridgehead atoms. The summed E-state index contributed by atoms with van der Waals surface area (Å²) in [6.07, 6.45) is -5.94. The van der Waals surface area contributed by atoms with Gasteiger partial charge in [-0.1, -0.05) is 34.7 Å². The van der Waals surface area contributed by atoms with E-state index in [2.05, 4.69) is 20.6 Å². The molecule has 2 aromatic carbocycles. The molecule has 10 atom stereocenters. The van der Waals surface area contributed by atoms with Gasteiger partial charge in [0.15, 0.2) is 0 Å². The minimum Gasteiger partial charge on any atom is -0.394 e. The molecule has 14 nitrogen and oxygen atoms in total. The van der Waals surface area contributed by atoms with Crippen molar-refractivity contribution in [1.82, 2.24) is 30.0 Å². The van der Waals surface area contributed by atoms with Crippen molar-refractivity contribution in [2.75, 3.05) is 19.0 Å². The average molecular weight is 663 g/mol. The van der Waals surface area contributed by atoms with Gasteiger partial charge in [-0.05, 0) is 24.3 Å². The zero-order chi connectivity index (χ0) is 32.5. The molecule has 246 valence electrons. The van der Waals surface area contributed by atoms with Crippen LogP contribution in [0.15, 0.2) is 60.9 Å². The Balaban J connectivity index is 1.19. The van der Waals surface area contributed by atoms with Crippen LogP contribution in [0.1, 0.15) is 12.1 Å². The number of aliphatic hydroxyl groups excluding tert-OH is 6. The van der Waals surface area contributed by atoms with Crippen LogP contribution in [0.4, 0.5) is 8.78 Å². The van der Waals surface area contributed by atoms with Gasteiger partial charge in [-0.25, -0.2) is 18.1 Å². The van der Waals surface area contributed by atoms with E-state index in [0.717, 1.165) is 11.8 Å². The number of nitrogens with zero attached hydrogens (tertiary/aromatic N) is 6. The highest BCUT2D eigenvalue weighted by Crippen LogP contribution is 2.38. The summed E-state index contributed by atoms with van der Waals surface area (Å²) in [6, 6.07) is 9.14. The normalized spacial score (nSPS) is 31.7. The summed E-state index contributed by atoms with van der Waals surface area (Å²) in [6.45, 7) is -1.17. The molecule has 4 heterocycles. The van der Waals surface area contributed by atoms with Gasteiger partial charge in [0.05, 0.1) is 31.7 Å². The van der Waals surface area contributed by atoms with E-state index in [9.17, 15) is 39.4 Å². The molecule has 2 aliphatic heterocycles. The second-order valence-electron chi connectivity index (χ2n) is 11.1. The number of ether oxygens (including phenoxy) is 2. The number of hydrogen-bond donors (Lipinski definition) is 6. The molecular formula is C29H32F2N6O8S. The van der Waals surface area contributed by atoms with Gasteiger partial charge in [-0.2, -0.15) is 0 Å². The van der Waals surface area contributed by atoms with Gasteiger partial charge in [0.1, 0.15) is 77.2 Å². The van der Waals surface area contributed by atoms with E-state index in [4.69, 9.17) is 9.47 Å². The van der Waals surface area contributed by atoms with Gasteiger partial charge >= 0.3 is 0 Å². The Hall–Kier alpha value is -3.39. The van der Waals surface area contributed by atoms with Gasteiger partial charge in [0.25, 0.3) is 0 Å². The molecule has 2 saturated heterocycles. The molecule has 4 aromatic rings. The van der Waals surface area contributed by atoms with Gasteiger partial charge in [0.2, 0.25) is 0 Å². The first-order valence-electron chi connectivity index (χ1n) is 14.4. The third-order valence-corrected chi connectivity index (χ3v) is 9.38. The van der Waals surface area contributed by atoms with Crippen molar-refractivity contribution in [2.45, 2.75) is 60.2 Å². The van der Waals surface area contributed by atoms with Crippen LogP contribution in [0.25, 0.3) is 22.5 Å². The molecule has 2 aliphatic rings. The standard InChI is InChI=1S/C29H32F2N6O8S/c30-16-5-1-3-14(7-16)18-9-36(34-32-18)23-25(40)20(11-38)44-22(27(23)42)13-46-29-28(43)24(26(41)21(12-39)45-29)37-10-19(33-35-37)15-4-2-6-17(31)8-15/h1-10,20-29,38-43H,11-13H2/t20-,21?,22?,23?,24?,25?,26+,27+,28?,29+/m1/s1. The summed E-state index contributed by atoms with van der Waals surface area (Å²) in [4.78, 5) is 0. The van der Waals surface area contributed by atoms with Crippen LogP contribution in [0, 0.1) is 11.6 Å². The number of hydrogen-bond acceptors (Lipinski definition) is 13. The zero-order valence-electron chi connectivity index (χ0n) is 24.0. The van der Waals surface area contributed by atoms with E-state index in [1.807, 2.05) is 0 Å². The summed E-state index contributed by atoms with van der Waals surface area (Å²) >= 11 is 1.01. The summed E-state index contributed by atoms with van der Waals surface area (Å²) in [5.41, 5.74) is 0.390. The molecule has 17 heteroatoms. The Labute approximate surface area is 264 Å². The molecule has 2 fully saturated rings. The second kappa shape index (κ2) is 13.8. The van der Waals surface area contributed by atoms with Crippen LogP contribution in [0.5, 0.6) is 0 Å². The minimum absolute atomic E-state index is 0.0269. The molecule has 6 unspecified atom stereocenters. The predicted octanol–water partition coefficient (Wildman–Crippen LogP) is -0.0821. The summed E-state index contributed by atoms with van der Waals surface area (Å²) in [5.74, 6) is -0.978. The van der Waals surface area contributed by atoms with E-state index in [1.54, 1.807) is 12.1 Å². The number of rotatable bonds is 9. The van der Waals surface area contributed by atoms with Crippen LogP contribution in [-0.4, -0.2) is 128 Å². The van der Waals surface area contributed by atoms with Crippen LogP contribution >= 0.6 is 11.8 Å². The van der Waals surface area contributed by atoms with E-state index < -0.39 is 85.1 Å². The van der Waals surface area contributed by atoms with E-state index in [0.29, 0.717) is 22.5 Å². The van der Waals surface area contributed by atoms with Crippen molar-refractivity contribution >= 4 is 11.8 Å². The monoisotopic (exact) mass is 662 g/mol. The Bertz CT molecular complexity index is 1510. The first-order chi connectivity index (χ1) is 22.2. The number of aliphatic hydroxyl groups is 6. The lowest BCUT2D eigenvalue weighted by molar-refractivity contribution is -0.199. The Morgan fingerprint density at radius 1 is 0.674 bits per heavy atom. The highest BCUT2D eigenvalue weighted by Gasteiger charge is 2.49. The van der Waals surface area contributed by atoms with Crippen LogP contribution in [-0.2, 0) is 9.47 Å². The molecule has 0 aliphatic carbocycles. The van der Waals surface area contributed by atoms with Gasteiger partial charge < -0.3 is 40.1 Å². The van der Waals surface area contributed by atoms with Crippen LogP contribution in [0.2, 0.25) is 0 Å². The van der Waals surface area contributed by atoms with Gasteiger partial charge in [-0.3, -0.25) is 0 Å². The number of benzene rings is 2. The maximum absolute atomic E-state index is 13.8.